The molecule has 1 heterocycles. The number of nitrogens with one attached hydrogen (secondary N) is 2. The standard InChI is InChI=1S/C15H18N2OS/c1-15(2,13-9-6-10-19-13)17-14(18)16-11-12-7-4-3-5-8-12/h3-10H,11H2,1-2H3,(H2,16,17,18). The van der Waals surface area contributed by atoms with Gasteiger partial charge in [0.05, 0.1) is 5.54 Å². The summed E-state index contributed by atoms with van der Waals surface area (Å²) in [5, 5.41) is 7.88. The van der Waals surface area contributed by atoms with Gasteiger partial charge in [0, 0.05) is 11.4 Å². The molecule has 0 bridgehead atoms. The Labute approximate surface area is 117 Å². The maximum absolute atomic E-state index is 11.9. The van der Waals surface area contributed by atoms with E-state index in [-0.39, 0.29) is 11.6 Å². The summed E-state index contributed by atoms with van der Waals surface area (Å²) < 4.78 is 0. The molecule has 0 atom stereocenters. The third kappa shape index (κ3) is 3.83. The van der Waals surface area contributed by atoms with Gasteiger partial charge in [-0.2, -0.15) is 0 Å². The molecule has 4 heteroatoms. The Morgan fingerprint density at radius 2 is 1.89 bits per heavy atom. The number of carbonyl (C=O) groups is 1. The molecule has 0 unspecified atom stereocenters. The number of amides is 2. The van der Waals surface area contributed by atoms with Crippen LogP contribution < -0.4 is 10.6 Å². The lowest BCUT2D eigenvalue weighted by molar-refractivity contribution is 0.230. The minimum atomic E-state index is -0.352. The molecule has 1 aromatic carbocycles. The van der Waals surface area contributed by atoms with Gasteiger partial charge in [-0.05, 0) is 30.9 Å². The lowest BCUT2D eigenvalue weighted by atomic mass is 10.0. The molecule has 19 heavy (non-hydrogen) atoms. The number of rotatable bonds is 4. The van der Waals surface area contributed by atoms with Crippen LogP contribution in [0.15, 0.2) is 47.8 Å². The molecular formula is C15H18N2OS. The number of urea groups is 1. The second kappa shape index (κ2) is 5.89. The van der Waals surface area contributed by atoms with Crippen LogP contribution in [0.5, 0.6) is 0 Å². The molecule has 0 aliphatic rings. The van der Waals surface area contributed by atoms with E-state index in [9.17, 15) is 4.79 Å². The fourth-order valence-electron chi connectivity index (χ4n) is 1.80. The predicted octanol–water partition coefficient (Wildman–Crippen LogP) is 3.48. The molecule has 0 aliphatic carbocycles. The first kappa shape index (κ1) is 13.6. The van der Waals surface area contributed by atoms with Crippen molar-refractivity contribution in [3.63, 3.8) is 0 Å². The quantitative estimate of drug-likeness (QED) is 0.880. The van der Waals surface area contributed by atoms with E-state index in [0.29, 0.717) is 6.54 Å². The highest BCUT2D eigenvalue weighted by Crippen LogP contribution is 2.24. The molecule has 0 radical (unpaired) electrons. The summed E-state index contributed by atoms with van der Waals surface area (Å²) in [6, 6.07) is 13.7. The lowest BCUT2D eigenvalue weighted by Crippen LogP contribution is -2.45. The van der Waals surface area contributed by atoms with Gasteiger partial charge in [0.1, 0.15) is 0 Å². The van der Waals surface area contributed by atoms with Gasteiger partial charge in [-0.3, -0.25) is 0 Å². The molecule has 2 aromatic rings. The molecule has 0 saturated heterocycles. The fourth-order valence-corrected chi connectivity index (χ4v) is 2.61. The van der Waals surface area contributed by atoms with Crippen molar-refractivity contribution in [3.05, 3.63) is 58.3 Å². The fraction of sp³-hybridized carbons (Fsp3) is 0.267. The van der Waals surface area contributed by atoms with Gasteiger partial charge in [-0.25, -0.2) is 4.79 Å². The van der Waals surface area contributed by atoms with Gasteiger partial charge < -0.3 is 10.6 Å². The summed E-state index contributed by atoms with van der Waals surface area (Å²) in [5.74, 6) is 0. The van der Waals surface area contributed by atoms with Crippen molar-refractivity contribution in [2.24, 2.45) is 0 Å². The Kier molecular flexibility index (Phi) is 4.22. The number of hydrogen-bond acceptors (Lipinski definition) is 2. The van der Waals surface area contributed by atoms with Crippen molar-refractivity contribution in [2.45, 2.75) is 25.9 Å². The van der Waals surface area contributed by atoms with Crippen molar-refractivity contribution in [2.75, 3.05) is 0 Å². The van der Waals surface area contributed by atoms with Crippen LogP contribution in [-0.4, -0.2) is 6.03 Å². The van der Waals surface area contributed by atoms with Crippen LogP contribution >= 0.6 is 11.3 Å². The number of carbonyl (C=O) groups excluding carboxylic acids is 1. The third-order valence-corrected chi connectivity index (χ3v) is 4.05. The third-order valence-electron chi connectivity index (χ3n) is 2.86. The van der Waals surface area contributed by atoms with Crippen LogP contribution in [0.25, 0.3) is 0 Å². The molecule has 2 N–H and O–H groups in total. The van der Waals surface area contributed by atoms with E-state index in [1.807, 2.05) is 61.7 Å². The predicted molar refractivity (Wildman–Crippen MR) is 79.2 cm³/mol. The average Bonchev–Trinajstić information content (AvgIpc) is 2.92. The maximum atomic E-state index is 11.9. The molecule has 2 rings (SSSR count). The first-order chi connectivity index (χ1) is 9.08. The summed E-state index contributed by atoms with van der Waals surface area (Å²) >= 11 is 1.64. The maximum Gasteiger partial charge on any atom is 0.315 e. The summed E-state index contributed by atoms with van der Waals surface area (Å²) in [4.78, 5) is 13.1. The summed E-state index contributed by atoms with van der Waals surface area (Å²) in [6.07, 6.45) is 0. The Bertz CT molecular complexity index is 520. The highest BCUT2D eigenvalue weighted by molar-refractivity contribution is 7.10. The second-order valence-electron chi connectivity index (χ2n) is 4.90. The van der Waals surface area contributed by atoms with Crippen LogP contribution in [0.4, 0.5) is 4.79 Å². The van der Waals surface area contributed by atoms with E-state index < -0.39 is 0 Å². The summed E-state index contributed by atoms with van der Waals surface area (Å²) in [5.41, 5.74) is 0.737. The van der Waals surface area contributed by atoms with Crippen LogP contribution in [0, 0.1) is 0 Å². The molecule has 100 valence electrons. The van der Waals surface area contributed by atoms with E-state index in [0.717, 1.165) is 10.4 Å². The van der Waals surface area contributed by atoms with Crippen LogP contribution in [0.3, 0.4) is 0 Å². The zero-order valence-corrected chi connectivity index (χ0v) is 12.0. The molecule has 0 aliphatic heterocycles. The molecule has 2 amide bonds. The van der Waals surface area contributed by atoms with Crippen molar-refractivity contribution in [3.8, 4) is 0 Å². The van der Waals surface area contributed by atoms with Gasteiger partial charge in [0.25, 0.3) is 0 Å². The van der Waals surface area contributed by atoms with Crippen molar-refractivity contribution in [1.82, 2.24) is 10.6 Å². The molecule has 0 fully saturated rings. The zero-order valence-electron chi connectivity index (χ0n) is 11.1. The van der Waals surface area contributed by atoms with Gasteiger partial charge in [0.15, 0.2) is 0 Å². The van der Waals surface area contributed by atoms with E-state index in [4.69, 9.17) is 0 Å². The van der Waals surface area contributed by atoms with Gasteiger partial charge in [-0.1, -0.05) is 36.4 Å². The summed E-state index contributed by atoms with van der Waals surface area (Å²) in [6.45, 7) is 4.54. The van der Waals surface area contributed by atoms with E-state index in [1.165, 1.54) is 0 Å². The Balaban J connectivity index is 1.88. The highest BCUT2D eigenvalue weighted by atomic mass is 32.1. The molecule has 0 spiro atoms. The Morgan fingerprint density at radius 1 is 1.16 bits per heavy atom. The summed E-state index contributed by atoms with van der Waals surface area (Å²) in [7, 11) is 0. The Morgan fingerprint density at radius 3 is 2.53 bits per heavy atom. The van der Waals surface area contributed by atoms with E-state index in [1.54, 1.807) is 11.3 Å². The van der Waals surface area contributed by atoms with E-state index in [2.05, 4.69) is 10.6 Å². The Hall–Kier alpha value is -1.81. The SMILES string of the molecule is CC(C)(NC(=O)NCc1ccccc1)c1cccs1. The smallest absolute Gasteiger partial charge is 0.315 e. The van der Waals surface area contributed by atoms with E-state index >= 15 is 0 Å². The first-order valence-corrected chi connectivity index (χ1v) is 7.10. The number of hydrogen-bond donors (Lipinski definition) is 2. The monoisotopic (exact) mass is 274 g/mol. The number of benzene rings is 1. The van der Waals surface area contributed by atoms with Crippen LogP contribution in [0.1, 0.15) is 24.3 Å². The average molecular weight is 274 g/mol. The van der Waals surface area contributed by atoms with Crippen molar-refractivity contribution in [1.29, 1.82) is 0 Å². The van der Waals surface area contributed by atoms with Crippen molar-refractivity contribution < 1.29 is 4.79 Å². The normalized spacial score (nSPS) is 11.1. The lowest BCUT2D eigenvalue weighted by Gasteiger charge is -2.25. The van der Waals surface area contributed by atoms with Gasteiger partial charge in [-0.15, -0.1) is 11.3 Å². The van der Waals surface area contributed by atoms with Crippen molar-refractivity contribution >= 4 is 17.4 Å². The molecule has 1 aromatic heterocycles. The molecule has 3 nitrogen and oxygen atoms in total. The van der Waals surface area contributed by atoms with Gasteiger partial charge in [0.2, 0.25) is 0 Å². The largest absolute Gasteiger partial charge is 0.334 e. The molecule has 0 saturated carbocycles. The van der Waals surface area contributed by atoms with Crippen LogP contribution in [0.2, 0.25) is 0 Å². The topological polar surface area (TPSA) is 41.1 Å². The molecular weight excluding hydrogens is 256 g/mol. The van der Waals surface area contributed by atoms with Crippen LogP contribution in [-0.2, 0) is 12.1 Å². The highest BCUT2D eigenvalue weighted by Gasteiger charge is 2.23. The minimum Gasteiger partial charge on any atom is -0.334 e. The first-order valence-electron chi connectivity index (χ1n) is 6.22. The zero-order chi connectivity index (χ0) is 13.7. The minimum absolute atomic E-state index is 0.151. The number of thiophene rings is 1. The second-order valence-corrected chi connectivity index (χ2v) is 5.84. The van der Waals surface area contributed by atoms with Gasteiger partial charge >= 0.3 is 6.03 Å².